The lowest BCUT2D eigenvalue weighted by Crippen LogP contribution is -2.21. The summed E-state index contributed by atoms with van der Waals surface area (Å²) in [5, 5.41) is 0. The number of allylic oxidation sites excluding steroid dienone is 2. The molecule has 2 aliphatic carbocycles. The van der Waals surface area contributed by atoms with E-state index in [9.17, 15) is 0 Å². The Balaban J connectivity index is 2.20. The number of hydrogen-bond acceptors (Lipinski definition) is 1. The standard InChI is InChI=1S/C11H16O/c1-12-11-8-4-6-9-5-2-3-7-10(9)11/h5,7,11H,2-4,6,8H2,1H3. The highest BCUT2D eigenvalue weighted by Crippen LogP contribution is 2.33. The van der Waals surface area contributed by atoms with Crippen LogP contribution in [0.25, 0.3) is 0 Å². The summed E-state index contributed by atoms with van der Waals surface area (Å²) in [7, 11) is 1.82. The molecule has 0 spiro atoms. The van der Waals surface area contributed by atoms with Crippen molar-refractivity contribution in [3.05, 3.63) is 23.3 Å². The molecule has 12 heavy (non-hydrogen) atoms. The highest BCUT2D eigenvalue weighted by molar-refractivity contribution is 5.38. The topological polar surface area (TPSA) is 9.23 Å². The van der Waals surface area contributed by atoms with Crippen LogP contribution in [0.1, 0.15) is 32.1 Å². The van der Waals surface area contributed by atoms with Crippen molar-refractivity contribution in [2.75, 3.05) is 7.11 Å². The molecule has 0 heterocycles. The van der Waals surface area contributed by atoms with Crippen LogP contribution in [0.15, 0.2) is 23.3 Å². The van der Waals surface area contributed by atoms with Gasteiger partial charge in [-0.15, -0.1) is 0 Å². The highest BCUT2D eigenvalue weighted by atomic mass is 16.5. The van der Waals surface area contributed by atoms with Crippen LogP contribution in [0.3, 0.4) is 0 Å². The number of hydrogen-bond donors (Lipinski definition) is 0. The van der Waals surface area contributed by atoms with E-state index >= 15 is 0 Å². The molecule has 1 fully saturated rings. The van der Waals surface area contributed by atoms with Crippen LogP contribution >= 0.6 is 0 Å². The van der Waals surface area contributed by atoms with E-state index in [0.717, 1.165) is 0 Å². The molecule has 0 bridgehead atoms. The van der Waals surface area contributed by atoms with Gasteiger partial charge >= 0.3 is 0 Å². The van der Waals surface area contributed by atoms with Crippen molar-refractivity contribution in [3.63, 3.8) is 0 Å². The maximum Gasteiger partial charge on any atom is 0.0820 e. The molecular formula is C11H16O. The van der Waals surface area contributed by atoms with E-state index in [1.807, 2.05) is 7.11 Å². The lowest BCUT2D eigenvalue weighted by molar-refractivity contribution is 0.117. The van der Waals surface area contributed by atoms with Crippen molar-refractivity contribution in [1.82, 2.24) is 0 Å². The Bertz CT molecular complexity index is 225. The minimum Gasteiger partial charge on any atom is -0.377 e. The highest BCUT2D eigenvalue weighted by Gasteiger charge is 2.22. The monoisotopic (exact) mass is 164 g/mol. The van der Waals surface area contributed by atoms with E-state index in [0.29, 0.717) is 6.10 Å². The van der Waals surface area contributed by atoms with Crippen LogP contribution in [0.5, 0.6) is 0 Å². The lowest BCUT2D eigenvalue weighted by atomic mass is 9.83. The Morgan fingerprint density at radius 1 is 1.33 bits per heavy atom. The third-order valence-electron chi connectivity index (χ3n) is 2.84. The largest absolute Gasteiger partial charge is 0.377 e. The molecule has 0 aromatic carbocycles. The fourth-order valence-corrected chi connectivity index (χ4v) is 2.21. The molecule has 0 amide bonds. The van der Waals surface area contributed by atoms with E-state index in [1.54, 1.807) is 5.57 Å². The Hall–Kier alpha value is -0.560. The summed E-state index contributed by atoms with van der Waals surface area (Å²) >= 11 is 0. The molecule has 1 unspecified atom stereocenters. The maximum atomic E-state index is 5.45. The molecule has 0 N–H and O–H groups in total. The molecular weight excluding hydrogens is 148 g/mol. The molecule has 2 rings (SSSR count). The quantitative estimate of drug-likeness (QED) is 0.579. The average Bonchev–Trinajstić information content (AvgIpc) is 2.17. The van der Waals surface area contributed by atoms with Crippen LogP contribution in [0, 0.1) is 0 Å². The van der Waals surface area contributed by atoms with Crippen LogP contribution in [-0.4, -0.2) is 13.2 Å². The van der Waals surface area contributed by atoms with Crippen LogP contribution in [0.4, 0.5) is 0 Å². The van der Waals surface area contributed by atoms with Crippen molar-refractivity contribution < 1.29 is 4.74 Å². The van der Waals surface area contributed by atoms with Gasteiger partial charge in [-0.2, -0.15) is 0 Å². The van der Waals surface area contributed by atoms with Gasteiger partial charge in [0, 0.05) is 7.11 Å². The lowest BCUT2D eigenvalue weighted by Gasteiger charge is -2.28. The van der Waals surface area contributed by atoms with Crippen molar-refractivity contribution in [1.29, 1.82) is 0 Å². The zero-order valence-electron chi connectivity index (χ0n) is 7.68. The molecule has 0 aromatic rings. The van der Waals surface area contributed by atoms with E-state index < -0.39 is 0 Å². The van der Waals surface area contributed by atoms with E-state index in [-0.39, 0.29) is 0 Å². The average molecular weight is 164 g/mol. The van der Waals surface area contributed by atoms with Gasteiger partial charge in [-0.3, -0.25) is 0 Å². The first-order chi connectivity index (χ1) is 5.92. The molecule has 1 nitrogen and oxygen atoms in total. The van der Waals surface area contributed by atoms with Gasteiger partial charge in [0.15, 0.2) is 0 Å². The second-order valence-corrected chi connectivity index (χ2v) is 3.58. The van der Waals surface area contributed by atoms with Gasteiger partial charge in [0.25, 0.3) is 0 Å². The SMILES string of the molecule is COC1CCCC2=CCCC=C21. The molecule has 0 radical (unpaired) electrons. The van der Waals surface area contributed by atoms with Crippen molar-refractivity contribution in [3.8, 4) is 0 Å². The third-order valence-corrected chi connectivity index (χ3v) is 2.84. The Morgan fingerprint density at radius 3 is 3.00 bits per heavy atom. The second kappa shape index (κ2) is 3.44. The first-order valence-electron chi connectivity index (χ1n) is 4.84. The van der Waals surface area contributed by atoms with Crippen LogP contribution < -0.4 is 0 Å². The van der Waals surface area contributed by atoms with Gasteiger partial charge in [-0.25, -0.2) is 0 Å². The first kappa shape index (κ1) is 8.06. The molecule has 0 saturated heterocycles. The summed E-state index contributed by atoms with van der Waals surface area (Å²) in [6, 6.07) is 0. The third kappa shape index (κ3) is 1.34. The summed E-state index contributed by atoms with van der Waals surface area (Å²) in [5.74, 6) is 0. The zero-order chi connectivity index (χ0) is 8.39. The molecule has 1 heteroatoms. The summed E-state index contributed by atoms with van der Waals surface area (Å²) in [6.45, 7) is 0. The molecule has 1 saturated carbocycles. The van der Waals surface area contributed by atoms with Crippen LogP contribution in [0.2, 0.25) is 0 Å². The second-order valence-electron chi connectivity index (χ2n) is 3.58. The van der Waals surface area contributed by atoms with Gasteiger partial charge in [0.2, 0.25) is 0 Å². The maximum absolute atomic E-state index is 5.45. The summed E-state index contributed by atoms with van der Waals surface area (Å²) in [6.07, 6.45) is 11.4. The number of methoxy groups -OCH3 is 1. The van der Waals surface area contributed by atoms with Gasteiger partial charge in [0.1, 0.15) is 0 Å². The normalized spacial score (nSPS) is 28.9. The van der Waals surface area contributed by atoms with E-state index in [1.165, 1.54) is 37.7 Å². The molecule has 0 aromatic heterocycles. The number of rotatable bonds is 1. The van der Waals surface area contributed by atoms with Gasteiger partial charge in [0.05, 0.1) is 6.10 Å². The predicted molar refractivity (Wildman–Crippen MR) is 50.0 cm³/mol. The van der Waals surface area contributed by atoms with Gasteiger partial charge < -0.3 is 4.74 Å². The van der Waals surface area contributed by atoms with Crippen LogP contribution in [-0.2, 0) is 4.74 Å². The van der Waals surface area contributed by atoms with E-state index in [4.69, 9.17) is 4.74 Å². The molecule has 66 valence electrons. The summed E-state index contributed by atoms with van der Waals surface area (Å²) in [4.78, 5) is 0. The fourth-order valence-electron chi connectivity index (χ4n) is 2.21. The Labute approximate surface area is 74.1 Å². The van der Waals surface area contributed by atoms with Gasteiger partial charge in [-0.1, -0.05) is 12.2 Å². The van der Waals surface area contributed by atoms with Gasteiger partial charge in [-0.05, 0) is 43.3 Å². The molecule has 0 aliphatic heterocycles. The Morgan fingerprint density at radius 2 is 2.17 bits per heavy atom. The Kier molecular flexibility index (Phi) is 2.31. The predicted octanol–water partition coefficient (Wildman–Crippen LogP) is 2.83. The summed E-state index contributed by atoms with van der Waals surface area (Å²) in [5.41, 5.74) is 3.04. The smallest absolute Gasteiger partial charge is 0.0820 e. The fraction of sp³-hybridized carbons (Fsp3) is 0.636. The first-order valence-corrected chi connectivity index (χ1v) is 4.84. The zero-order valence-corrected chi connectivity index (χ0v) is 7.68. The molecule has 1 atom stereocenters. The molecule has 2 aliphatic rings. The number of fused-ring (bicyclic) bond motifs is 1. The van der Waals surface area contributed by atoms with Crippen molar-refractivity contribution in [2.24, 2.45) is 0 Å². The van der Waals surface area contributed by atoms with Crippen molar-refractivity contribution >= 4 is 0 Å². The van der Waals surface area contributed by atoms with Crippen molar-refractivity contribution in [2.45, 2.75) is 38.2 Å². The van der Waals surface area contributed by atoms with E-state index in [2.05, 4.69) is 12.2 Å². The minimum absolute atomic E-state index is 0.394. The summed E-state index contributed by atoms with van der Waals surface area (Å²) < 4.78 is 5.45. The minimum atomic E-state index is 0.394. The number of ether oxygens (including phenoxy) is 1.